The van der Waals surface area contributed by atoms with Crippen molar-refractivity contribution in [3.05, 3.63) is 0 Å². The van der Waals surface area contributed by atoms with Crippen molar-refractivity contribution in [2.45, 2.75) is 44.1 Å². The van der Waals surface area contributed by atoms with Gasteiger partial charge in [0.25, 0.3) is 0 Å². The molecular formula is C16H28N4O3. The molecule has 0 aromatic rings. The number of carbonyl (C=O) groups is 2. The number of nitriles is 1. The van der Waals surface area contributed by atoms with Crippen molar-refractivity contribution in [2.24, 2.45) is 0 Å². The van der Waals surface area contributed by atoms with Gasteiger partial charge in [0.05, 0.1) is 19.2 Å². The Kier molecular flexibility index (Phi) is 8.59. The van der Waals surface area contributed by atoms with Crippen molar-refractivity contribution in [3.8, 4) is 6.07 Å². The summed E-state index contributed by atoms with van der Waals surface area (Å²) in [4.78, 5) is 25.5. The second-order valence-electron chi connectivity index (χ2n) is 6.17. The van der Waals surface area contributed by atoms with E-state index in [9.17, 15) is 14.9 Å². The number of rotatable bonds is 9. The minimum atomic E-state index is -0.724. The standard InChI is InChI=1S/C16H28N4O3/c1-20(11-14(21)18-9-6-10-23-2)12-15(22)19-16(13-17)7-4-3-5-8-16/h3-12H2,1-2H3,(H,18,21)(H,19,22). The molecule has 0 spiro atoms. The fraction of sp³-hybridized carbons (Fsp3) is 0.812. The summed E-state index contributed by atoms with van der Waals surface area (Å²) in [5, 5.41) is 15.0. The monoisotopic (exact) mass is 324 g/mol. The van der Waals surface area contributed by atoms with Crippen LogP contribution in [0.2, 0.25) is 0 Å². The molecule has 0 radical (unpaired) electrons. The third kappa shape index (κ3) is 7.44. The van der Waals surface area contributed by atoms with E-state index < -0.39 is 5.54 Å². The van der Waals surface area contributed by atoms with Crippen LogP contribution in [0.1, 0.15) is 38.5 Å². The van der Waals surface area contributed by atoms with Crippen molar-refractivity contribution in [1.82, 2.24) is 15.5 Å². The summed E-state index contributed by atoms with van der Waals surface area (Å²) < 4.78 is 4.91. The van der Waals surface area contributed by atoms with Crippen LogP contribution in [0.5, 0.6) is 0 Å². The van der Waals surface area contributed by atoms with Crippen molar-refractivity contribution >= 4 is 11.8 Å². The lowest BCUT2D eigenvalue weighted by molar-refractivity contribution is -0.125. The molecule has 2 N–H and O–H groups in total. The van der Waals surface area contributed by atoms with Crippen LogP contribution in [0.3, 0.4) is 0 Å². The Morgan fingerprint density at radius 1 is 1.22 bits per heavy atom. The summed E-state index contributed by atoms with van der Waals surface area (Å²) >= 11 is 0. The number of hydrogen-bond acceptors (Lipinski definition) is 5. The van der Waals surface area contributed by atoms with Crippen LogP contribution in [0.15, 0.2) is 0 Å². The van der Waals surface area contributed by atoms with Crippen molar-refractivity contribution in [2.75, 3.05) is 40.4 Å². The lowest BCUT2D eigenvalue weighted by Gasteiger charge is -2.32. The quantitative estimate of drug-likeness (QED) is 0.599. The minimum Gasteiger partial charge on any atom is -0.385 e. The third-order valence-corrected chi connectivity index (χ3v) is 3.97. The molecule has 0 atom stereocenters. The molecule has 130 valence electrons. The van der Waals surface area contributed by atoms with E-state index in [1.807, 2.05) is 0 Å². The van der Waals surface area contributed by atoms with Gasteiger partial charge in [-0.15, -0.1) is 0 Å². The molecule has 23 heavy (non-hydrogen) atoms. The Hall–Kier alpha value is -1.65. The average Bonchev–Trinajstić information content (AvgIpc) is 2.52. The molecule has 0 saturated heterocycles. The number of carbonyl (C=O) groups excluding carboxylic acids is 2. The second kappa shape index (κ2) is 10.2. The van der Waals surface area contributed by atoms with Crippen LogP contribution in [0.25, 0.3) is 0 Å². The van der Waals surface area contributed by atoms with Gasteiger partial charge in [0.2, 0.25) is 11.8 Å². The number of nitrogens with zero attached hydrogens (tertiary/aromatic N) is 2. The van der Waals surface area contributed by atoms with Crippen molar-refractivity contribution in [1.29, 1.82) is 5.26 Å². The van der Waals surface area contributed by atoms with E-state index >= 15 is 0 Å². The van der Waals surface area contributed by atoms with Gasteiger partial charge in [0, 0.05) is 20.3 Å². The molecule has 1 fully saturated rings. The molecule has 0 heterocycles. The normalized spacial score (nSPS) is 16.6. The van der Waals surface area contributed by atoms with Crippen LogP contribution in [-0.2, 0) is 14.3 Å². The molecular weight excluding hydrogens is 296 g/mol. The van der Waals surface area contributed by atoms with Crippen LogP contribution in [0, 0.1) is 11.3 Å². The maximum Gasteiger partial charge on any atom is 0.235 e. The fourth-order valence-electron chi connectivity index (χ4n) is 2.77. The number of likely N-dealkylation sites (N-methyl/N-ethyl adjacent to an activating group) is 1. The number of amides is 2. The summed E-state index contributed by atoms with van der Waals surface area (Å²) in [7, 11) is 3.34. The van der Waals surface area contributed by atoms with Crippen LogP contribution >= 0.6 is 0 Å². The number of nitrogens with one attached hydrogen (secondary N) is 2. The van der Waals surface area contributed by atoms with E-state index in [1.54, 1.807) is 19.1 Å². The molecule has 1 aliphatic carbocycles. The van der Waals surface area contributed by atoms with Gasteiger partial charge in [0.1, 0.15) is 5.54 Å². The number of methoxy groups -OCH3 is 1. The summed E-state index contributed by atoms with van der Waals surface area (Å²) in [5.41, 5.74) is -0.724. The predicted molar refractivity (Wildman–Crippen MR) is 86.6 cm³/mol. The zero-order chi connectivity index (χ0) is 17.1. The van der Waals surface area contributed by atoms with Gasteiger partial charge < -0.3 is 15.4 Å². The summed E-state index contributed by atoms with van der Waals surface area (Å²) in [6.07, 6.45) is 5.22. The van der Waals surface area contributed by atoms with Gasteiger partial charge in [-0.3, -0.25) is 14.5 Å². The number of hydrogen-bond donors (Lipinski definition) is 2. The van der Waals surface area contributed by atoms with E-state index in [0.717, 1.165) is 25.7 Å². The molecule has 1 saturated carbocycles. The Labute approximate surface area is 138 Å². The lowest BCUT2D eigenvalue weighted by Crippen LogP contribution is -2.51. The fourth-order valence-corrected chi connectivity index (χ4v) is 2.77. The lowest BCUT2D eigenvalue weighted by atomic mass is 9.83. The van der Waals surface area contributed by atoms with Gasteiger partial charge in [-0.25, -0.2) is 0 Å². The molecule has 1 aliphatic rings. The van der Waals surface area contributed by atoms with Crippen molar-refractivity contribution in [3.63, 3.8) is 0 Å². The van der Waals surface area contributed by atoms with E-state index in [1.165, 1.54) is 0 Å². The largest absolute Gasteiger partial charge is 0.385 e. The Balaban J connectivity index is 2.30. The third-order valence-electron chi connectivity index (χ3n) is 3.97. The highest BCUT2D eigenvalue weighted by atomic mass is 16.5. The van der Waals surface area contributed by atoms with E-state index in [-0.39, 0.29) is 24.9 Å². The molecule has 1 rings (SSSR count). The highest BCUT2D eigenvalue weighted by Crippen LogP contribution is 2.27. The minimum absolute atomic E-state index is 0.106. The second-order valence-corrected chi connectivity index (χ2v) is 6.17. The van der Waals surface area contributed by atoms with E-state index in [4.69, 9.17) is 4.74 Å². The first-order valence-electron chi connectivity index (χ1n) is 8.18. The molecule has 0 aromatic carbocycles. The Bertz CT molecular complexity index is 428. The molecule has 0 bridgehead atoms. The topological polar surface area (TPSA) is 94.5 Å². The zero-order valence-corrected chi connectivity index (χ0v) is 14.2. The maximum absolute atomic E-state index is 12.1. The Morgan fingerprint density at radius 3 is 2.48 bits per heavy atom. The first-order valence-corrected chi connectivity index (χ1v) is 8.18. The number of ether oxygens (including phenoxy) is 1. The molecule has 7 heteroatoms. The first kappa shape index (κ1) is 19.4. The molecule has 0 aliphatic heterocycles. The molecule has 2 amide bonds. The van der Waals surface area contributed by atoms with Gasteiger partial charge in [0.15, 0.2) is 0 Å². The SMILES string of the molecule is COCCCNC(=O)CN(C)CC(=O)NC1(C#N)CCCCC1. The van der Waals surface area contributed by atoms with Crippen molar-refractivity contribution < 1.29 is 14.3 Å². The Morgan fingerprint density at radius 2 is 1.87 bits per heavy atom. The zero-order valence-electron chi connectivity index (χ0n) is 14.2. The maximum atomic E-state index is 12.1. The van der Waals surface area contributed by atoms with Gasteiger partial charge in [-0.1, -0.05) is 19.3 Å². The van der Waals surface area contributed by atoms with Crippen LogP contribution < -0.4 is 10.6 Å². The molecule has 0 aromatic heterocycles. The van der Waals surface area contributed by atoms with Gasteiger partial charge >= 0.3 is 0 Å². The van der Waals surface area contributed by atoms with Crippen LogP contribution in [-0.4, -0.2) is 62.7 Å². The first-order chi connectivity index (χ1) is 11.0. The molecule has 0 unspecified atom stereocenters. The molecule has 7 nitrogen and oxygen atoms in total. The van der Waals surface area contributed by atoms with Crippen LogP contribution in [0.4, 0.5) is 0 Å². The highest BCUT2D eigenvalue weighted by molar-refractivity contribution is 5.81. The summed E-state index contributed by atoms with van der Waals surface area (Å²) in [6, 6.07) is 2.26. The average molecular weight is 324 g/mol. The highest BCUT2D eigenvalue weighted by Gasteiger charge is 2.33. The predicted octanol–water partition coefficient (Wildman–Crippen LogP) is 0.414. The van der Waals surface area contributed by atoms with Gasteiger partial charge in [-0.05, 0) is 26.3 Å². The smallest absolute Gasteiger partial charge is 0.235 e. The summed E-state index contributed by atoms with van der Waals surface area (Å²) in [6.45, 7) is 1.42. The van der Waals surface area contributed by atoms with Gasteiger partial charge in [-0.2, -0.15) is 5.26 Å². The summed E-state index contributed by atoms with van der Waals surface area (Å²) in [5.74, 6) is -0.327. The van der Waals surface area contributed by atoms with E-state index in [2.05, 4.69) is 16.7 Å². The van der Waals surface area contributed by atoms with E-state index in [0.29, 0.717) is 26.0 Å².